The molecule has 318 valence electrons. The van der Waals surface area contributed by atoms with Crippen molar-refractivity contribution in [3.8, 4) is 0 Å². The Hall–Kier alpha value is -5.19. The molecule has 0 unspecified atom stereocenters. The largest absolute Gasteiger partial charge is 0.0622 e. The van der Waals surface area contributed by atoms with E-state index < -0.39 is 48.6 Å². The summed E-state index contributed by atoms with van der Waals surface area (Å²) < 4.78 is -1.26. The van der Waals surface area contributed by atoms with Crippen LogP contribution in [0.3, 0.4) is 0 Å². The van der Waals surface area contributed by atoms with Crippen molar-refractivity contribution in [2.75, 3.05) is 0 Å². The Kier molecular flexibility index (Phi) is 20.5. The molecule has 0 spiro atoms. The van der Waals surface area contributed by atoms with Crippen LogP contribution in [-0.4, -0.2) is 7.67 Å². The summed E-state index contributed by atoms with van der Waals surface area (Å²) in [5.41, 5.74) is 0. The molecule has 0 aliphatic heterocycles. The van der Waals surface area contributed by atoms with Crippen molar-refractivity contribution in [2.24, 2.45) is 0 Å². The van der Waals surface area contributed by atoms with Gasteiger partial charge in [0.2, 0.25) is 0 Å². The van der Waals surface area contributed by atoms with E-state index in [2.05, 4.69) is 273 Å². The Labute approximate surface area is 399 Å². The molecule has 64 heavy (non-hydrogen) atoms. The molecule has 8 heteroatoms. The van der Waals surface area contributed by atoms with E-state index in [4.69, 9.17) is 23.2 Å². The Bertz CT molecular complexity index is 2100. The van der Waals surface area contributed by atoms with Crippen LogP contribution >= 0.6 is 47.0 Å². The Morgan fingerprint density at radius 2 is 0.344 bits per heavy atom. The smallest absolute Gasteiger partial charge is 0.0134 e. The van der Waals surface area contributed by atoms with Gasteiger partial charge in [-0.15, -0.1) is 0 Å². The van der Waals surface area contributed by atoms with Crippen molar-refractivity contribution in [1.29, 1.82) is 0 Å². The Morgan fingerprint density at radius 3 is 0.422 bits per heavy atom. The third kappa shape index (κ3) is 15.5. The molecule has 0 bridgehead atoms. The second-order valence-electron chi connectivity index (χ2n) is 13.5. The van der Waals surface area contributed by atoms with E-state index in [9.17, 15) is 9.59 Å². The second kappa shape index (κ2) is 27.2. The first-order valence-electron chi connectivity index (χ1n) is 20.3. The number of halogens is 2. The zero-order valence-electron chi connectivity index (χ0n) is 34.7. The van der Waals surface area contributed by atoms with Crippen molar-refractivity contribution in [2.45, 2.75) is 0 Å². The van der Waals surface area contributed by atoms with Gasteiger partial charge in [0.05, 0.1) is 0 Å². The van der Waals surface area contributed by atoms with Gasteiger partial charge in [-0.25, -0.2) is 0 Å². The van der Waals surface area contributed by atoms with E-state index in [1.54, 1.807) is 0 Å². The summed E-state index contributed by atoms with van der Waals surface area (Å²) in [7, 11) is -1.34. The number of rotatable bonds is 11. The summed E-state index contributed by atoms with van der Waals surface area (Å²) >= 11 is 8.45. The first-order chi connectivity index (χ1) is 31.5. The van der Waals surface area contributed by atoms with Gasteiger partial charge in [-0.05, 0) is 71.5 Å². The van der Waals surface area contributed by atoms with Crippen molar-refractivity contribution in [3.63, 3.8) is 0 Å². The fourth-order valence-corrected chi connectivity index (χ4v) is 14.7. The standard InChI is InChI=1S/3C18H15P.2CClO.Ru/c3*1-4-10-16(11-5-1)19(17-12-6-2-7-13-17)18-14-8-3-9-15-18;2*2-1-3;/h3*1-15H;;;. The van der Waals surface area contributed by atoms with Gasteiger partial charge in [-0.3, -0.25) is 0 Å². The van der Waals surface area contributed by atoms with Gasteiger partial charge >= 0.3 is 57.6 Å². The average molecular weight is 1010 g/mol. The molecule has 0 heterocycles. The maximum absolute atomic E-state index is 9.75. The quantitative estimate of drug-likeness (QED) is 0.0735. The van der Waals surface area contributed by atoms with Crippen molar-refractivity contribution >= 4 is 102 Å². The van der Waals surface area contributed by atoms with Crippen LogP contribution in [0, 0.1) is 0 Å². The predicted octanol–water partition coefficient (Wildman–Crippen LogP) is 12.1. The Morgan fingerprint density at radius 1 is 0.234 bits per heavy atom. The molecule has 0 saturated heterocycles. The molecule has 0 aliphatic rings. The van der Waals surface area contributed by atoms with Crippen molar-refractivity contribution in [1.82, 2.24) is 0 Å². The molecule has 0 fully saturated rings. The van der Waals surface area contributed by atoms with Gasteiger partial charge < -0.3 is 0 Å². The third-order valence-electron chi connectivity index (χ3n) is 9.27. The average Bonchev–Trinajstić information content (AvgIpc) is 3.35. The van der Waals surface area contributed by atoms with Gasteiger partial charge in [-0.1, -0.05) is 273 Å². The number of carbonyl (C=O) groups excluding carboxylic acids is 2. The minimum Gasteiger partial charge on any atom is -0.0622 e. The van der Waals surface area contributed by atoms with Crippen LogP contribution in [0.4, 0.5) is 9.59 Å². The number of benzene rings is 9. The molecule has 0 N–H and O–H groups in total. The van der Waals surface area contributed by atoms with Crippen LogP contribution in [0.2, 0.25) is 0 Å². The van der Waals surface area contributed by atoms with Crippen LogP contribution in [0.15, 0.2) is 273 Å². The molecule has 0 saturated carbocycles. The fraction of sp³-hybridized carbons (Fsp3) is 0. The van der Waals surface area contributed by atoms with E-state index >= 15 is 0 Å². The minimum absolute atomic E-state index is 0.446. The molecule has 0 aliphatic carbocycles. The van der Waals surface area contributed by atoms with Gasteiger partial charge in [0.15, 0.2) is 0 Å². The van der Waals surface area contributed by atoms with Crippen LogP contribution in [0.5, 0.6) is 0 Å². The molecule has 9 aromatic carbocycles. The summed E-state index contributed by atoms with van der Waals surface area (Å²) in [6.45, 7) is 0. The minimum atomic E-state index is -1.09. The predicted molar refractivity (Wildman–Crippen MR) is 278 cm³/mol. The molecule has 9 rings (SSSR count). The number of carbonyl (C=O) groups is 2. The van der Waals surface area contributed by atoms with E-state index in [0.717, 1.165) is 0 Å². The fourth-order valence-electron chi connectivity index (χ4n) is 6.59. The molecule has 2 nitrogen and oxygen atoms in total. The maximum atomic E-state index is 9.75. The van der Waals surface area contributed by atoms with Crippen LogP contribution in [-0.2, 0) is 17.1 Å². The first kappa shape index (κ1) is 48.3. The monoisotopic (exact) mass is 1010 g/mol. The van der Waals surface area contributed by atoms with E-state index in [-0.39, 0.29) is 0 Å². The van der Waals surface area contributed by atoms with Crippen molar-refractivity contribution in [3.05, 3.63) is 273 Å². The van der Waals surface area contributed by atoms with Crippen LogP contribution in [0.25, 0.3) is 0 Å². The number of hydrogen-bond donors (Lipinski definition) is 0. The van der Waals surface area contributed by atoms with Crippen LogP contribution < -0.4 is 47.7 Å². The van der Waals surface area contributed by atoms with E-state index in [0.29, 0.717) is 0 Å². The molecule has 9 aromatic rings. The SMILES string of the molecule is O=[C](Cl)[Ru][C](=O)Cl.c1ccc(P(c2ccccc2)c2ccccc2)cc1.c1ccc(P(c2ccccc2)c2ccccc2)cc1.c1ccc(P(c2ccccc2)c2ccccc2)cc1. The normalized spacial score (nSPS) is 10.4. The molecule has 0 radical (unpaired) electrons. The summed E-state index contributed by atoms with van der Waals surface area (Å²) in [5.74, 6) is 0. The molecular formula is C56H45Cl2O2P3Ru. The topological polar surface area (TPSA) is 34.1 Å². The maximum Gasteiger partial charge on any atom is -0.0134 e. The number of hydrogen-bond acceptors (Lipinski definition) is 2. The van der Waals surface area contributed by atoms with Gasteiger partial charge in [0, 0.05) is 0 Å². The first-order valence-corrected chi connectivity index (χ1v) is 26.9. The van der Waals surface area contributed by atoms with E-state index in [1.807, 2.05) is 0 Å². The molecular weight excluding hydrogens is 970 g/mol. The second-order valence-corrected chi connectivity index (χ2v) is 23.9. The summed E-state index contributed by atoms with van der Waals surface area (Å²) in [6.07, 6.45) is 0. The Balaban J connectivity index is 0.000000148. The third-order valence-corrected chi connectivity index (χ3v) is 18.1. The summed E-state index contributed by atoms with van der Waals surface area (Å²) in [4.78, 5) is 19.5. The van der Waals surface area contributed by atoms with Crippen molar-refractivity contribution < 1.29 is 26.7 Å². The molecule has 0 atom stereocenters. The van der Waals surface area contributed by atoms with Gasteiger partial charge in [0.1, 0.15) is 0 Å². The molecule has 0 amide bonds. The molecule has 0 aromatic heterocycles. The summed E-state index contributed by atoms with van der Waals surface area (Å²) in [5, 5.41) is 12.6. The zero-order valence-corrected chi connectivity index (χ0v) is 40.7. The van der Waals surface area contributed by atoms with E-state index in [1.165, 1.54) is 47.7 Å². The summed E-state index contributed by atoms with van der Waals surface area (Å²) in [6, 6.07) is 97.0. The van der Waals surface area contributed by atoms with Gasteiger partial charge in [-0.2, -0.15) is 0 Å². The van der Waals surface area contributed by atoms with Gasteiger partial charge in [0.25, 0.3) is 0 Å². The zero-order chi connectivity index (χ0) is 44.6. The van der Waals surface area contributed by atoms with Crippen LogP contribution in [0.1, 0.15) is 0 Å².